The van der Waals surface area contributed by atoms with E-state index >= 15 is 0 Å². The molecule has 0 bridgehead atoms. The number of hydrogen-bond acceptors (Lipinski definition) is 2. The van der Waals surface area contributed by atoms with Gasteiger partial charge in [-0.1, -0.05) is 23.7 Å². The van der Waals surface area contributed by atoms with Crippen molar-refractivity contribution in [2.45, 2.75) is 6.42 Å². The van der Waals surface area contributed by atoms with Gasteiger partial charge >= 0.3 is 5.97 Å². The van der Waals surface area contributed by atoms with Crippen molar-refractivity contribution in [2.24, 2.45) is 0 Å². The van der Waals surface area contributed by atoms with Crippen LogP contribution in [0.25, 0.3) is 0 Å². The molecule has 0 amide bonds. The Morgan fingerprint density at radius 2 is 2.29 bits per heavy atom. The van der Waals surface area contributed by atoms with E-state index in [9.17, 15) is 4.79 Å². The van der Waals surface area contributed by atoms with E-state index < -0.39 is 5.97 Å². The predicted molar refractivity (Wildman–Crippen MR) is 53.6 cm³/mol. The second-order valence-corrected chi connectivity index (χ2v) is 3.26. The first-order valence-electron chi connectivity index (χ1n) is 4.22. The third-order valence-corrected chi connectivity index (χ3v) is 1.88. The lowest BCUT2D eigenvalue weighted by molar-refractivity contribution is -0.142. The van der Waals surface area contributed by atoms with Crippen molar-refractivity contribution in [3.05, 3.63) is 34.9 Å². The molecular weight excluding hydrogens is 204 g/mol. The van der Waals surface area contributed by atoms with Crippen molar-refractivity contribution in [2.75, 3.05) is 13.2 Å². The zero-order valence-electron chi connectivity index (χ0n) is 7.57. The second kappa shape index (κ2) is 5.62. The average Bonchev–Trinajstić information content (AvgIpc) is 2.12. The molecule has 0 saturated heterocycles. The summed E-state index contributed by atoms with van der Waals surface area (Å²) >= 11 is 5.77. The molecule has 3 nitrogen and oxygen atoms in total. The predicted octanol–water partition coefficient (Wildman–Crippen LogP) is 1.98. The molecule has 76 valence electrons. The third-order valence-electron chi connectivity index (χ3n) is 1.65. The molecule has 14 heavy (non-hydrogen) atoms. The number of hydrogen-bond donors (Lipinski definition) is 1. The van der Waals surface area contributed by atoms with Gasteiger partial charge in [0.2, 0.25) is 0 Å². The summed E-state index contributed by atoms with van der Waals surface area (Å²) in [7, 11) is 0. The van der Waals surface area contributed by atoms with Gasteiger partial charge in [0.1, 0.15) is 6.61 Å². The summed E-state index contributed by atoms with van der Waals surface area (Å²) in [6.07, 6.45) is 0.674. The van der Waals surface area contributed by atoms with Crippen molar-refractivity contribution >= 4 is 17.6 Å². The topological polar surface area (TPSA) is 46.5 Å². The standard InChI is InChI=1S/C10H11ClO3/c11-9-3-1-2-8(6-9)4-5-14-7-10(12)13/h1-3,6H,4-5,7H2,(H,12,13). The van der Waals surface area contributed by atoms with Crippen LogP contribution in [0.5, 0.6) is 0 Å². The van der Waals surface area contributed by atoms with Gasteiger partial charge in [-0.15, -0.1) is 0 Å². The summed E-state index contributed by atoms with van der Waals surface area (Å²) in [6, 6.07) is 7.42. The van der Waals surface area contributed by atoms with Gasteiger partial charge in [0.25, 0.3) is 0 Å². The molecule has 0 aliphatic rings. The van der Waals surface area contributed by atoms with Crippen molar-refractivity contribution in [3.63, 3.8) is 0 Å². The monoisotopic (exact) mass is 214 g/mol. The molecular formula is C10H11ClO3. The highest BCUT2D eigenvalue weighted by molar-refractivity contribution is 6.30. The molecule has 1 aromatic carbocycles. The molecule has 4 heteroatoms. The second-order valence-electron chi connectivity index (χ2n) is 2.83. The number of rotatable bonds is 5. The Bertz CT molecular complexity index is 312. The molecule has 0 aliphatic heterocycles. The number of carboxylic acid groups (broad SMARTS) is 1. The van der Waals surface area contributed by atoms with Crippen LogP contribution >= 0.6 is 11.6 Å². The highest BCUT2D eigenvalue weighted by Gasteiger charge is 1.97. The Balaban J connectivity index is 2.28. The summed E-state index contributed by atoms with van der Waals surface area (Å²) in [5, 5.41) is 8.99. The van der Waals surface area contributed by atoms with Crippen LogP contribution in [0.15, 0.2) is 24.3 Å². The van der Waals surface area contributed by atoms with E-state index in [0.29, 0.717) is 18.1 Å². The summed E-state index contributed by atoms with van der Waals surface area (Å²) in [6.45, 7) is 0.146. The largest absolute Gasteiger partial charge is 0.480 e. The molecule has 0 aromatic heterocycles. The lowest BCUT2D eigenvalue weighted by Gasteiger charge is -2.01. The Morgan fingerprint density at radius 3 is 2.93 bits per heavy atom. The fourth-order valence-electron chi connectivity index (χ4n) is 1.04. The summed E-state index contributed by atoms with van der Waals surface area (Å²) in [5.41, 5.74) is 1.04. The Morgan fingerprint density at radius 1 is 1.50 bits per heavy atom. The third kappa shape index (κ3) is 4.25. The van der Waals surface area contributed by atoms with Crippen LogP contribution in [0.4, 0.5) is 0 Å². The van der Waals surface area contributed by atoms with Crippen LogP contribution in [0.1, 0.15) is 5.56 Å². The number of benzene rings is 1. The molecule has 0 aliphatic carbocycles. The van der Waals surface area contributed by atoms with Gasteiger partial charge in [-0.25, -0.2) is 4.79 Å². The maximum Gasteiger partial charge on any atom is 0.329 e. The highest BCUT2D eigenvalue weighted by atomic mass is 35.5. The summed E-state index contributed by atoms with van der Waals surface area (Å²) in [4.78, 5) is 10.1. The van der Waals surface area contributed by atoms with E-state index in [1.54, 1.807) is 6.07 Å². The summed E-state index contributed by atoms with van der Waals surface area (Å²) < 4.78 is 4.90. The molecule has 0 atom stereocenters. The van der Waals surface area contributed by atoms with Crippen LogP contribution in [0.3, 0.4) is 0 Å². The molecule has 1 N–H and O–H groups in total. The van der Waals surface area contributed by atoms with Crippen molar-refractivity contribution in [1.82, 2.24) is 0 Å². The molecule has 1 aromatic rings. The lowest BCUT2D eigenvalue weighted by Crippen LogP contribution is -2.08. The molecule has 0 unspecified atom stereocenters. The number of ether oxygens (including phenoxy) is 1. The van der Waals surface area contributed by atoms with Crippen molar-refractivity contribution in [1.29, 1.82) is 0 Å². The molecule has 0 spiro atoms. The van der Waals surface area contributed by atoms with Crippen LogP contribution < -0.4 is 0 Å². The maximum atomic E-state index is 10.1. The first-order valence-corrected chi connectivity index (χ1v) is 4.60. The SMILES string of the molecule is O=C(O)COCCc1cccc(Cl)c1. The van der Waals surface area contributed by atoms with Gasteiger partial charge in [-0.2, -0.15) is 0 Å². The van der Waals surface area contributed by atoms with Gasteiger partial charge in [0.05, 0.1) is 6.61 Å². The fraction of sp³-hybridized carbons (Fsp3) is 0.300. The molecule has 0 heterocycles. The highest BCUT2D eigenvalue weighted by Crippen LogP contribution is 2.10. The van der Waals surface area contributed by atoms with E-state index in [2.05, 4.69) is 0 Å². The molecule has 1 rings (SSSR count). The molecule has 0 radical (unpaired) electrons. The smallest absolute Gasteiger partial charge is 0.329 e. The van der Waals surface area contributed by atoms with E-state index in [1.807, 2.05) is 18.2 Å². The van der Waals surface area contributed by atoms with Gasteiger partial charge in [0, 0.05) is 5.02 Å². The normalized spacial score (nSPS) is 10.1. The number of aliphatic carboxylic acids is 1. The lowest BCUT2D eigenvalue weighted by atomic mass is 10.2. The van der Waals surface area contributed by atoms with Crippen molar-refractivity contribution < 1.29 is 14.6 Å². The average molecular weight is 215 g/mol. The van der Waals surface area contributed by atoms with Gasteiger partial charge in [0.15, 0.2) is 0 Å². The van der Waals surface area contributed by atoms with Crippen LogP contribution in [0, 0.1) is 0 Å². The number of halogens is 1. The minimum Gasteiger partial charge on any atom is -0.480 e. The van der Waals surface area contributed by atoms with E-state index in [-0.39, 0.29) is 6.61 Å². The Hall–Kier alpha value is -1.06. The number of carboxylic acids is 1. The maximum absolute atomic E-state index is 10.1. The first kappa shape index (κ1) is 11.0. The van der Waals surface area contributed by atoms with Crippen LogP contribution in [-0.2, 0) is 16.0 Å². The van der Waals surface area contributed by atoms with Crippen LogP contribution in [-0.4, -0.2) is 24.3 Å². The van der Waals surface area contributed by atoms with E-state index in [1.165, 1.54) is 0 Å². The molecule has 0 fully saturated rings. The molecule has 0 saturated carbocycles. The fourth-order valence-corrected chi connectivity index (χ4v) is 1.25. The van der Waals surface area contributed by atoms with E-state index in [4.69, 9.17) is 21.4 Å². The minimum atomic E-state index is -0.948. The summed E-state index contributed by atoms with van der Waals surface area (Å²) in [5.74, 6) is -0.948. The van der Waals surface area contributed by atoms with Crippen molar-refractivity contribution in [3.8, 4) is 0 Å². The Kier molecular flexibility index (Phi) is 4.43. The van der Waals surface area contributed by atoms with Gasteiger partial charge < -0.3 is 9.84 Å². The number of carbonyl (C=O) groups is 1. The zero-order valence-corrected chi connectivity index (χ0v) is 8.33. The van der Waals surface area contributed by atoms with Gasteiger partial charge in [-0.05, 0) is 24.1 Å². The quantitative estimate of drug-likeness (QED) is 0.763. The Labute approximate surface area is 87.3 Å². The minimum absolute atomic E-state index is 0.249. The zero-order chi connectivity index (χ0) is 10.4. The van der Waals surface area contributed by atoms with E-state index in [0.717, 1.165) is 5.56 Å². The van der Waals surface area contributed by atoms with Crippen LogP contribution in [0.2, 0.25) is 5.02 Å². The first-order chi connectivity index (χ1) is 6.68. The van der Waals surface area contributed by atoms with Gasteiger partial charge in [-0.3, -0.25) is 0 Å².